The third kappa shape index (κ3) is 6.13. The molecule has 6 aromatic carbocycles. The van der Waals surface area contributed by atoms with Crippen molar-refractivity contribution in [3.8, 4) is 22.3 Å². The summed E-state index contributed by atoms with van der Waals surface area (Å²) in [7, 11) is 0. The molecule has 0 fully saturated rings. The Bertz CT molecular complexity index is 2520. The topological polar surface area (TPSA) is 13.0 Å². The molecule has 4 nitrogen and oxygen atoms in total. The number of fused-ring (bicyclic) bond motifs is 8. The van der Waals surface area contributed by atoms with Gasteiger partial charge in [-0.25, -0.2) is 0 Å². The van der Waals surface area contributed by atoms with Crippen LogP contribution in [0.4, 0.5) is 17.1 Å². The third-order valence-electron chi connectivity index (χ3n) is 10.1. The van der Waals surface area contributed by atoms with Gasteiger partial charge >= 0.3 is 327 Å². The zero-order valence-corrected chi connectivity index (χ0v) is 32.2. The molecule has 262 valence electrons. The van der Waals surface area contributed by atoms with Crippen LogP contribution in [-0.4, -0.2) is 26.9 Å². The van der Waals surface area contributed by atoms with E-state index in [1.54, 1.807) is 6.20 Å². The molecule has 0 atom stereocenters. The molecular formula is C47H41BN4Pt. The summed E-state index contributed by atoms with van der Waals surface area (Å²) < 4.78 is 27.7. The second-order valence-electron chi connectivity index (χ2n) is 14.6. The molecule has 0 saturated heterocycles. The molecule has 0 saturated carbocycles. The van der Waals surface area contributed by atoms with Crippen molar-refractivity contribution < 1.29 is 21.8 Å². The Morgan fingerprint density at radius 1 is 0.509 bits per heavy atom. The summed E-state index contributed by atoms with van der Waals surface area (Å²) in [5, 5.41) is 0. The van der Waals surface area contributed by atoms with E-state index in [0.717, 1.165) is 41.9 Å². The first-order chi connectivity index (χ1) is 27.0. The zero-order chi connectivity index (χ0) is 38.6. The van der Waals surface area contributed by atoms with E-state index in [1.807, 2.05) is 6.20 Å². The molecule has 3 aliphatic heterocycles. The molecule has 3 aliphatic rings. The Morgan fingerprint density at radius 3 is 1.57 bits per heavy atom. The minimum absolute atomic E-state index is 0.0236. The first kappa shape index (κ1) is 30.0. The molecule has 9 rings (SSSR count). The standard InChI is InChI=1S/C47H41BN4.Pt/c1-47(2,3)38-24-26-41(27-25-38)51-30-31-52(35-51)43-21-12-19-40(33-43)48(39-18-11-20-42(32-39)50-29-28-49(4)34-50)46-44(36-14-7-5-8-15-36)22-13-23-45(46)37-16-9-6-10-17-37;/h5-33H,1-4H3;/i4D3;. The summed E-state index contributed by atoms with van der Waals surface area (Å²) in [6.07, 6.45) is 7.90. The molecule has 53 heavy (non-hydrogen) atoms. The van der Waals surface area contributed by atoms with Crippen LogP contribution in [0.25, 0.3) is 22.3 Å². The van der Waals surface area contributed by atoms with Crippen molar-refractivity contribution >= 4 is 48.5 Å². The molecule has 0 N–H and O–H groups in total. The van der Waals surface area contributed by atoms with Gasteiger partial charge in [-0.2, -0.15) is 0 Å². The van der Waals surface area contributed by atoms with E-state index in [2.05, 4.69) is 200 Å². The van der Waals surface area contributed by atoms with Crippen LogP contribution < -0.4 is 31.1 Å². The number of nitrogens with zero attached hydrogens (tertiary/aromatic N) is 4. The normalized spacial score (nSPS) is 16.3. The molecule has 6 heteroatoms. The minimum atomic E-state index is -2.35. The summed E-state index contributed by atoms with van der Waals surface area (Å²) in [6, 6.07) is 54.3. The Morgan fingerprint density at radius 2 is 1.02 bits per heavy atom. The number of hydrogen-bond acceptors (Lipinski definition) is 4. The second-order valence-corrected chi connectivity index (χ2v) is 17.2. The number of rotatable bonds is 4. The summed E-state index contributed by atoms with van der Waals surface area (Å²) in [6.45, 7) is 4.16. The van der Waals surface area contributed by atoms with E-state index < -0.39 is 24.6 Å². The maximum absolute atomic E-state index is 8.63. The van der Waals surface area contributed by atoms with Gasteiger partial charge in [0.25, 0.3) is 0 Å². The molecule has 0 unspecified atom stereocenters. The van der Waals surface area contributed by atoms with Crippen molar-refractivity contribution in [3.05, 3.63) is 182 Å². The number of anilines is 3. The monoisotopic (exact) mass is 870 g/mol. The van der Waals surface area contributed by atoms with Gasteiger partial charge in [-0.15, -0.1) is 0 Å². The van der Waals surface area contributed by atoms with Crippen LogP contribution in [0.1, 0.15) is 30.4 Å². The average Bonchev–Trinajstić information content (AvgIpc) is 3.84. The first-order valence-corrected chi connectivity index (χ1v) is 20.2. The van der Waals surface area contributed by atoms with Crippen LogP contribution in [0.3, 0.4) is 0 Å². The summed E-state index contributed by atoms with van der Waals surface area (Å²) in [5.41, 5.74) is 12.5. The molecule has 0 spiro atoms. The van der Waals surface area contributed by atoms with Crippen molar-refractivity contribution in [1.82, 2.24) is 4.90 Å². The fourth-order valence-electron chi connectivity index (χ4n) is 7.47. The first-order valence-electron chi connectivity index (χ1n) is 19.5. The predicted octanol–water partition coefficient (Wildman–Crippen LogP) is 8.13. The van der Waals surface area contributed by atoms with Crippen LogP contribution in [-0.2, 0) is 23.1 Å². The van der Waals surface area contributed by atoms with Crippen LogP contribution in [0.15, 0.2) is 176 Å². The van der Waals surface area contributed by atoms with Crippen LogP contribution in [0.5, 0.6) is 0 Å². The Balaban J connectivity index is 1.32. The van der Waals surface area contributed by atoms with E-state index in [0.29, 0.717) is 0 Å². The summed E-state index contributed by atoms with van der Waals surface area (Å²) in [5.74, 6) is 0. The van der Waals surface area contributed by atoms with Gasteiger partial charge < -0.3 is 0 Å². The zero-order valence-electron chi connectivity index (χ0n) is 32.9. The van der Waals surface area contributed by atoms with Crippen LogP contribution >= 0.6 is 0 Å². The Hall–Kier alpha value is -5.51. The molecule has 6 aromatic rings. The molecular weight excluding hydrogens is 826 g/mol. The molecule has 0 aromatic heterocycles. The van der Waals surface area contributed by atoms with Crippen molar-refractivity contribution in [2.45, 2.75) is 26.2 Å². The van der Waals surface area contributed by atoms with Gasteiger partial charge in [0.15, 0.2) is 0 Å². The van der Waals surface area contributed by atoms with Gasteiger partial charge in [0.2, 0.25) is 0 Å². The molecule has 0 amide bonds. The van der Waals surface area contributed by atoms with Crippen molar-refractivity contribution in [2.24, 2.45) is 0 Å². The second kappa shape index (κ2) is 13.5. The van der Waals surface area contributed by atoms with E-state index >= 15 is 0 Å². The Kier molecular flexibility index (Phi) is 7.63. The molecule has 3 heterocycles. The van der Waals surface area contributed by atoms with Crippen LogP contribution in [0, 0.1) is 0 Å². The molecule has 0 radical (unpaired) electrons. The van der Waals surface area contributed by atoms with Crippen molar-refractivity contribution in [2.75, 3.05) is 21.7 Å². The van der Waals surface area contributed by atoms with E-state index in [1.165, 1.54) is 32.5 Å². The van der Waals surface area contributed by atoms with Crippen molar-refractivity contribution in [1.29, 1.82) is 0 Å². The third-order valence-corrected chi connectivity index (χ3v) is 13.4. The summed E-state index contributed by atoms with van der Waals surface area (Å²) >= 11 is -1.10. The predicted molar refractivity (Wildman–Crippen MR) is 223 cm³/mol. The van der Waals surface area contributed by atoms with Gasteiger partial charge in [0.05, 0.1) is 0 Å². The van der Waals surface area contributed by atoms with Crippen LogP contribution in [0.2, 0.25) is 0 Å². The van der Waals surface area contributed by atoms with E-state index in [-0.39, 0.29) is 12.1 Å². The molecule has 0 aliphatic carbocycles. The SMILES string of the molecule is [2H]C([2H])([2H])N1C=CN2[C]1=[Pt]=[C]1N(c3ccc(C(C)(C)C)cc3)C=CN1c1cccc(c1)B(c1c(-c3ccccc3)cccc1-c1ccccc1)c1cccc2c1. The van der Waals surface area contributed by atoms with Crippen molar-refractivity contribution in [3.63, 3.8) is 0 Å². The van der Waals surface area contributed by atoms with E-state index in [9.17, 15) is 0 Å². The average molecular weight is 871 g/mol. The fraction of sp³-hybridized carbons (Fsp3) is 0.106. The van der Waals surface area contributed by atoms with Gasteiger partial charge in [-0.3, -0.25) is 0 Å². The number of benzene rings is 6. The fourth-order valence-corrected chi connectivity index (χ4v) is 10.6. The number of hydrogen-bond donors (Lipinski definition) is 0. The quantitative estimate of drug-likeness (QED) is 0.166. The van der Waals surface area contributed by atoms with Gasteiger partial charge in [-0.05, 0) is 0 Å². The summed E-state index contributed by atoms with van der Waals surface area (Å²) in [4.78, 5) is 8.11. The van der Waals surface area contributed by atoms with Gasteiger partial charge in [0.1, 0.15) is 0 Å². The maximum atomic E-state index is 8.63. The van der Waals surface area contributed by atoms with Gasteiger partial charge in [0, 0.05) is 0 Å². The molecule has 4 bridgehead atoms. The Labute approximate surface area is 325 Å². The van der Waals surface area contributed by atoms with Gasteiger partial charge in [-0.1, -0.05) is 0 Å². The van der Waals surface area contributed by atoms with E-state index in [4.69, 9.17) is 4.11 Å².